The molecule has 2 aromatic carbocycles. The molecule has 2 aliphatic rings. The van der Waals surface area contributed by atoms with E-state index in [1.54, 1.807) is 12.3 Å². The molecule has 2 aliphatic heterocycles. The SMILES string of the molecule is CC1(C)CNC(=O)c2ccc(-c3c[nH]c4ncc(-c5cc(F)c(F)c(N6CCNCC6)c5)cc34)cc21. The van der Waals surface area contributed by atoms with Crippen molar-refractivity contribution in [1.82, 2.24) is 20.6 Å². The summed E-state index contributed by atoms with van der Waals surface area (Å²) in [7, 11) is 0. The fourth-order valence-electron chi connectivity index (χ4n) is 5.24. The van der Waals surface area contributed by atoms with E-state index in [0.29, 0.717) is 42.0 Å². The molecular weight excluding hydrogens is 460 g/mol. The van der Waals surface area contributed by atoms with Crippen LogP contribution in [-0.2, 0) is 5.41 Å². The van der Waals surface area contributed by atoms with Crippen LogP contribution in [0.15, 0.2) is 48.8 Å². The van der Waals surface area contributed by atoms with Gasteiger partial charge < -0.3 is 20.5 Å². The molecule has 0 bridgehead atoms. The molecule has 0 unspecified atom stereocenters. The van der Waals surface area contributed by atoms with Crippen molar-refractivity contribution in [1.29, 1.82) is 0 Å². The van der Waals surface area contributed by atoms with Gasteiger partial charge in [-0.15, -0.1) is 0 Å². The molecule has 2 aromatic heterocycles. The van der Waals surface area contributed by atoms with Crippen molar-refractivity contribution in [3.8, 4) is 22.3 Å². The van der Waals surface area contributed by atoms with E-state index in [0.717, 1.165) is 35.2 Å². The van der Waals surface area contributed by atoms with Crippen LogP contribution in [0.2, 0.25) is 0 Å². The average Bonchev–Trinajstić information content (AvgIpc) is 3.32. The first-order valence-corrected chi connectivity index (χ1v) is 12.2. The van der Waals surface area contributed by atoms with Crippen LogP contribution < -0.4 is 15.5 Å². The maximum absolute atomic E-state index is 14.7. The fraction of sp³-hybridized carbons (Fsp3) is 0.286. The first kappa shape index (κ1) is 22.7. The quantitative estimate of drug-likeness (QED) is 0.395. The number of pyridine rings is 1. The first-order chi connectivity index (χ1) is 17.3. The number of nitrogens with zero attached hydrogens (tertiary/aromatic N) is 2. The summed E-state index contributed by atoms with van der Waals surface area (Å²) in [6, 6.07) is 10.8. The molecule has 1 amide bonds. The molecule has 0 atom stereocenters. The number of rotatable bonds is 3. The van der Waals surface area contributed by atoms with Crippen molar-refractivity contribution in [2.24, 2.45) is 0 Å². The number of nitrogens with one attached hydrogen (secondary N) is 3. The molecular formula is C28H27F2N5O. The molecule has 36 heavy (non-hydrogen) atoms. The number of hydrogen-bond donors (Lipinski definition) is 3. The zero-order chi connectivity index (χ0) is 25.0. The highest BCUT2D eigenvalue weighted by Gasteiger charge is 2.32. The third kappa shape index (κ3) is 3.73. The largest absolute Gasteiger partial charge is 0.367 e. The monoisotopic (exact) mass is 487 g/mol. The van der Waals surface area contributed by atoms with Crippen molar-refractivity contribution < 1.29 is 13.6 Å². The summed E-state index contributed by atoms with van der Waals surface area (Å²) in [5.74, 6) is -1.75. The van der Waals surface area contributed by atoms with Crippen LogP contribution in [0.5, 0.6) is 0 Å². The summed E-state index contributed by atoms with van der Waals surface area (Å²) in [5.41, 5.74) is 5.66. The van der Waals surface area contributed by atoms with E-state index in [4.69, 9.17) is 0 Å². The number of carbonyl (C=O) groups excluding carboxylic acids is 1. The van der Waals surface area contributed by atoms with Crippen LogP contribution >= 0.6 is 0 Å². The maximum atomic E-state index is 14.7. The number of aromatic amines is 1. The second kappa shape index (κ2) is 8.41. The van der Waals surface area contributed by atoms with Crippen LogP contribution in [0.25, 0.3) is 33.3 Å². The highest BCUT2D eigenvalue weighted by atomic mass is 19.2. The Balaban J connectivity index is 1.44. The first-order valence-electron chi connectivity index (χ1n) is 12.2. The van der Waals surface area contributed by atoms with E-state index in [1.165, 1.54) is 6.07 Å². The molecule has 6 nitrogen and oxygen atoms in total. The second-order valence-electron chi connectivity index (χ2n) is 10.2. The number of piperazine rings is 1. The Morgan fingerprint density at radius 2 is 1.78 bits per heavy atom. The van der Waals surface area contributed by atoms with Crippen LogP contribution in [-0.4, -0.2) is 48.6 Å². The van der Waals surface area contributed by atoms with Crippen LogP contribution in [0, 0.1) is 11.6 Å². The molecule has 1 fully saturated rings. The fourth-order valence-corrected chi connectivity index (χ4v) is 5.24. The Hall–Kier alpha value is -3.78. The lowest BCUT2D eigenvalue weighted by molar-refractivity contribution is 0.0930. The minimum atomic E-state index is -0.870. The molecule has 4 aromatic rings. The summed E-state index contributed by atoms with van der Waals surface area (Å²) >= 11 is 0. The molecule has 8 heteroatoms. The summed E-state index contributed by atoms with van der Waals surface area (Å²) in [6.07, 6.45) is 3.58. The molecule has 184 valence electrons. The van der Waals surface area contributed by atoms with E-state index < -0.39 is 11.6 Å². The smallest absolute Gasteiger partial charge is 0.251 e. The van der Waals surface area contributed by atoms with Crippen molar-refractivity contribution >= 4 is 22.6 Å². The van der Waals surface area contributed by atoms with Gasteiger partial charge in [0.15, 0.2) is 11.6 Å². The number of amides is 1. The average molecular weight is 488 g/mol. The second-order valence-corrected chi connectivity index (χ2v) is 10.2. The standard InChI is InChI=1S/C28H27F2N5O/c1-28(2)15-34-27(36)19-4-3-16(10-22(19)28)21-14-33-26-20(21)9-18(13-32-26)17-11-23(29)25(30)24(12-17)35-7-5-31-6-8-35/h3-4,9-14,31H,5-8,15H2,1-2H3,(H,32,33)(H,34,36). The molecule has 4 heterocycles. The summed E-state index contributed by atoms with van der Waals surface area (Å²) < 4.78 is 29.4. The minimum absolute atomic E-state index is 0.0580. The molecule has 3 N–H and O–H groups in total. The van der Waals surface area contributed by atoms with Gasteiger partial charge in [0, 0.05) is 72.6 Å². The summed E-state index contributed by atoms with van der Waals surface area (Å²) in [5, 5.41) is 7.07. The van der Waals surface area contributed by atoms with Gasteiger partial charge in [-0.05, 0) is 47.0 Å². The summed E-state index contributed by atoms with van der Waals surface area (Å²) in [6.45, 7) is 7.49. The number of H-pyrrole nitrogens is 1. The van der Waals surface area contributed by atoms with Gasteiger partial charge in [-0.1, -0.05) is 19.9 Å². The van der Waals surface area contributed by atoms with E-state index in [9.17, 15) is 13.6 Å². The number of aromatic nitrogens is 2. The topological polar surface area (TPSA) is 73.0 Å². The predicted molar refractivity (Wildman–Crippen MR) is 137 cm³/mol. The van der Waals surface area contributed by atoms with Gasteiger partial charge in [-0.3, -0.25) is 4.79 Å². The summed E-state index contributed by atoms with van der Waals surface area (Å²) in [4.78, 5) is 22.0. The van der Waals surface area contributed by atoms with Crippen molar-refractivity contribution in [2.75, 3.05) is 37.6 Å². The normalized spacial score (nSPS) is 17.2. The van der Waals surface area contributed by atoms with Gasteiger partial charge >= 0.3 is 0 Å². The lowest BCUT2D eigenvalue weighted by Gasteiger charge is -2.32. The van der Waals surface area contributed by atoms with E-state index >= 15 is 0 Å². The number of fused-ring (bicyclic) bond motifs is 2. The Labute approximate surface area is 207 Å². The molecule has 6 rings (SSSR count). The van der Waals surface area contributed by atoms with Gasteiger partial charge in [0.05, 0.1) is 5.69 Å². The zero-order valence-corrected chi connectivity index (χ0v) is 20.2. The van der Waals surface area contributed by atoms with E-state index in [2.05, 4.69) is 40.5 Å². The molecule has 0 aliphatic carbocycles. The lowest BCUT2D eigenvalue weighted by atomic mass is 9.78. The number of halogens is 2. The number of carbonyl (C=O) groups is 1. The number of hydrogen-bond acceptors (Lipinski definition) is 4. The highest BCUT2D eigenvalue weighted by molar-refractivity contribution is 6.00. The van der Waals surface area contributed by atoms with Gasteiger partial charge in [0.1, 0.15) is 5.65 Å². The maximum Gasteiger partial charge on any atom is 0.251 e. The molecule has 1 saturated heterocycles. The van der Waals surface area contributed by atoms with Crippen LogP contribution in [0.1, 0.15) is 29.8 Å². The number of benzene rings is 2. The lowest BCUT2D eigenvalue weighted by Crippen LogP contribution is -2.44. The Morgan fingerprint density at radius 3 is 2.58 bits per heavy atom. The third-order valence-electron chi connectivity index (χ3n) is 7.33. The van der Waals surface area contributed by atoms with Crippen molar-refractivity contribution in [3.63, 3.8) is 0 Å². The van der Waals surface area contributed by atoms with Crippen LogP contribution in [0.4, 0.5) is 14.5 Å². The van der Waals surface area contributed by atoms with Gasteiger partial charge in [0.2, 0.25) is 0 Å². The van der Waals surface area contributed by atoms with Gasteiger partial charge in [-0.25, -0.2) is 13.8 Å². The van der Waals surface area contributed by atoms with Gasteiger partial charge in [0.25, 0.3) is 5.91 Å². The molecule has 0 radical (unpaired) electrons. The number of anilines is 1. The minimum Gasteiger partial charge on any atom is -0.367 e. The van der Waals surface area contributed by atoms with Crippen LogP contribution in [0.3, 0.4) is 0 Å². The highest BCUT2D eigenvalue weighted by Crippen LogP contribution is 2.37. The predicted octanol–water partition coefficient (Wildman–Crippen LogP) is 4.61. The Morgan fingerprint density at radius 1 is 0.972 bits per heavy atom. The van der Waals surface area contributed by atoms with E-state index in [-0.39, 0.29) is 17.0 Å². The zero-order valence-electron chi connectivity index (χ0n) is 20.2. The van der Waals surface area contributed by atoms with Crippen molar-refractivity contribution in [2.45, 2.75) is 19.3 Å². The Kier molecular flexibility index (Phi) is 5.30. The molecule has 0 saturated carbocycles. The van der Waals surface area contributed by atoms with Crippen molar-refractivity contribution in [3.05, 3.63) is 71.6 Å². The van der Waals surface area contributed by atoms with E-state index in [1.807, 2.05) is 29.3 Å². The van der Waals surface area contributed by atoms with Gasteiger partial charge in [-0.2, -0.15) is 0 Å². The third-order valence-corrected chi connectivity index (χ3v) is 7.33. The Bertz CT molecular complexity index is 1500. The molecule has 0 spiro atoms.